The molecule has 0 bridgehead atoms. The summed E-state index contributed by atoms with van der Waals surface area (Å²) in [5, 5.41) is 0. The molecule has 0 aliphatic heterocycles. The molecule has 0 amide bonds. The summed E-state index contributed by atoms with van der Waals surface area (Å²) in [5.41, 5.74) is 1.35. The average molecular weight is 320 g/mol. The molecule has 2 aromatic rings. The molecule has 1 aromatic carbocycles. The van der Waals surface area contributed by atoms with Crippen molar-refractivity contribution in [2.45, 2.75) is 19.8 Å². The highest BCUT2D eigenvalue weighted by Crippen LogP contribution is 2.16. The summed E-state index contributed by atoms with van der Waals surface area (Å²) in [6, 6.07) is 12.5. The second kappa shape index (κ2) is 6.66. The number of hydrogen-bond acceptors (Lipinski definition) is 3. The van der Waals surface area contributed by atoms with Crippen molar-refractivity contribution in [2.75, 3.05) is 18.5 Å². The lowest BCUT2D eigenvalue weighted by molar-refractivity contribution is 0.833. The highest BCUT2D eigenvalue weighted by Gasteiger charge is 2.06. The normalized spacial score (nSPS) is 10.5. The van der Waals surface area contributed by atoms with Gasteiger partial charge in [0.15, 0.2) is 0 Å². The molecule has 4 heteroatoms. The molecule has 1 aromatic heterocycles. The molecule has 2 rings (SSSR count). The van der Waals surface area contributed by atoms with Crippen molar-refractivity contribution in [1.29, 1.82) is 0 Å². The minimum atomic E-state index is 0.846. The summed E-state index contributed by atoms with van der Waals surface area (Å²) < 4.78 is 0.848. The van der Waals surface area contributed by atoms with Gasteiger partial charge in [-0.05, 0) is 27.9 Å². The molecule has 0 aliphatic rings. The van der Waals surface area contributed by atoms with Crippen molar-refractivity contribution in [2.24, 2.45) is 0 Å². The van der Waals surface area contributed by atoms with E-state index in [2.05, 4.69) is 69.0 Å². The Bertz CT molecular complexity index is 528. The van der Waals surface area contributed by atoms with Gasteiger partial charge >= 0.3 is 0 Å². The number of hydrogen-bond donors (Lipinski definition) is 0. The van der Waals surface area contributed by atoms with Crippen LogP contribution in [0.15, 0.2) is 41.0 Å². The van der Waals surface area contributed by atoms with Gasteiger partial charge in [-0.2, -0.15) is 0 Å². The molecule has 0 spiro atoms. The van der Waals surface area contributed by atoms with Gasteiger partial charge in [-0.3, -0.25) is 0 Å². The standard InChI is InChI=1S/C15H18BrN3/c1-3-14-17-13(16)11-15(18-14)19(2)10-9-12-7-5-4-6-8-12/h4-8,11H,3,9-10H2,1-2H3. The van der Waals surface area contributed by atoms with Crippen LogP contribution in [0.3, 0.4) is 0 Å². The van der Waals surface area contributed by atoms with Crippen LogP contribution in [0, 0.1) is 0 Å². The SMILES string of the molecule is CCc1nc(Br)cc(N(C)CCc2ccccc2)n1. The Morgan fingerprint density at radius 1 is 1.16 bits per heavy atom. The van der Waals surface area contributed by atoms with Gasteiger partial charge in [0.2, 0.25) is 0 Å². The molecule has 3 nitrogen and oxygen atoms in total. The summed E-state index contributed by atoms with van der Waals surface area (Å²) in [5.74, 6) is 1.84. The second-order valence-corrected chi connectivity index (χ2v) is 5.29. The first-order valence-corrected chi connectivity index (χ1v) is 7.27. The Balaban J connectivity index is 2.03. The predicted molar refractivity (Wildman–Crippen MR) is 82.5 cm³/mol. The van der Waals surface area contributed by atoms with Crippen LogP contribution in [-0.2, 0) is 12.8 Å². The van der Waals surface area contributed by atoms with Crippen LogP contribution < -0.4 is 4.90 Å². The third-order valence-electron chi connectivity index (χ3n) is 3.01. The van der Waals surface area contributed by atoms with E-state index in [0.717, 1.165) is 35.6 Å². The van der Waals surface area contributed by atoms with Gasteiger partial charge in [0.1, 0.15) is 16.2 Å². The quantitative estimate of drug-likeness (QED) is 0.790. The Hall–Kier alpha value is -1.42. The van der Waals surface area contributed by atoms with E-state index in [-0.39, 0.29) is 0 Å². The molecule has 19 heavy (non-hydrogen) atoms. The Morgan fingerprint density at radius 2 is 1.89 bits per heavy atom. The minimum Gasteiger partial charge on any atom is -0.359 e. The fraction of sp³-hybridized carbons (Fsp3) is 0.333. The molecule has 100 valence electrons. The first kappa shape index (κ1) is 14.0. The Morgan fingerprint density at radius 3 is 2.58 bits per heavy atom. The van der Waals surface area contributed by atoms with Crippen molar-refractivity contribution < 1.29 is 0 Å². The van der Waals surface area contributed by atoms with Crippen molar-refractivity contribution in [3.63, 3.8) is 0 Å². The topological polar surface area (TPSA) is 29.0 Å². The zero-order valence-corrected chi connectivity index (χ0v) is 12.9. The van der Waals surface area contributed by atoms with Gasteiger partial charge < -0.3 is 4.90 Å². The Labute approximate surface area is 122 Å². The summed E-state index contributed by atoms with van der Waals surface area (Å²) in [6.07, 6.45) is 1.86. The van der Waals surface area contributed by atoms with Crippen molar-refractivity contribution in [3.8, 4) is 0 Å². The summed E-state index contributed by atoms with van der Waals surface area (Å²) in [4.78, 5) is 11.0. The van der Waals surface area contributed by atoms with E-state index in [4.69, 9.17) is 0 Å². The van der Waals surface area contributed by atoms with Gasteiger partial charge in [-0.15, -0.1) is 0 Å². The highest BCUT2D eigenvalue weighted by atomic mass is 79.9. The number of likely N-dealkylation sites (N-methyl/N-ethyl adjacent to an activating group) is 1. The van der Waals surface area contributed by atoms with Crippen molar-refractivity contribution >= 4 is 21.7 Å². The summed E-state index contributed by atoms with van der Waals surface area (Å²) >= 11 is 3.44. The summed E-state index contributed by atoms with van der Waals surface area (Å²) in [6.45, 7) is 3.01. The first-order valence-electron chi connectivity index (χ1n) is 6.47. The molecular weight excluding hydrogens is 302 g/mol. The molecule has 0 aliphatic carbocycles. The zero-order valence-electron chi connectivity index (χ0n) is 11.3. The van der Waals surface area contributed by atoms with Crippen LogP contribution in [-0.4, -0.2) is 23.6 Å². The number of rotatable bonds is 5. The van der Waals surface area contributed by atoms with E-state index < -0.39 is 0 Å². The van der Waals surface area contributed by atoms with E-state index in [1.807, 2.05) is 12.1 Å². The summed E-state index contributed by atoms with van der Waals surface area (Å²) in [7, 11) is 2.07. The van der Waals surface area contributed by atoms with Gasteiger partial charge in [-0.25, -0.2) is 9.97 Å². The van der Waals surface area contributed by atoms with Crippen LogP contribution in [0.4, 0.5) is 5.82 Å². The van der Waals surface area contributed by atoms with Crippen LogP contribution >= 0.6 is 15.9 Å². The average Bonchev–Trinajstić information content (AvgIpc) is 2.45. The van der Waals surface area contributed by atoms with Crippen LogP contribution in [0.2, 0.25) is 0 Å². The number of benzene rings is 1. The molecule has 0 N–H and O–H groups in total. The van der Waals surface area contributed by atoms with Crippen LogP contribution in [0.25, 0.3) is 0 Å². The monoisotopic (exact) mass is 319 g/mol. The Kier molecular flexibility index (Phi) is 4.91. The molecular formula is C15H18BrN3. The van der Waals surface area contributed by atoms with Gasteiger partial charge in [-0.1, -0.05) is 37.3 Å². The molecule has 1 heterocycles. The maximum absolute atomic E-state index is 4.55. The number of anilines is 1. The van der Waals surface area contributed by atoms with Crippen molar-refractivity contribution in [3.05, 3.63) is 52.4 Å². The third kappa shape index (κ3) is 4.03. The van der Waals surface area contributed by atoms with Crippen LogP contribution in [0.5, 0.6) is 0 Å². The molecule has 0 atom stereocenters. The second-order valence-electron chi connectivity index (χ2n) is 4.48. The number of aryl methyl sites for hydroxylation is 1. The van der Waals surface area contributed by atoms with Gasteiger partial charge in [0.05, 0.1) is 0 Å². The lowest BCUT2D eigenvalue weighted by Gasteiger charge is -2.18. The number of halogens is 1. The minimum absolute atomic E-state index is 0.846. The molecule has 0 unspecified atom stereocenters. The smallest absolute Gasteiger partial charge is 0.133 e. The van der Waals surface area contributed by atoms with Crippen LogP contribution in [0.1, 0.15) is 18.3 Å². The molecule has 0 saturated heterocycles. The first-order chi connectivity index (χ1) is 9.19. The molecule has 0 saturated carbocycles. The lowest BCUT2D eigenvalue weighted by atomic mass is 10.1. The highest BCUT2D eigenvalue weighted by molar-refractivity contribution is 9.10. The maximum Gasteiger partial charge on any atom is 0.133 e. The zero-order chi connectivity index (χ0) is 13.7. The van der Waals surface area contributed by atoms with E-state index in [9.17, 15) is 0 Å². The number of nitrogens with zero attached hydrogens (tertiary/aromatic N) is 3. The lowest BCUT2D eigenvalue weighted by Crippen LogP contribution is -2.22. The largest absolute Gasteiger partial charge is 0.359 e. The molecule has 0 fully saturated rings. The number of aromatic nitrogens is 2. The van der Waals surface area contributed by atoms with E-state index in [1.165, 1.54) is 5.56 Å². The molecule has 0 radical (unpaired) electrons. The van der Waals surface area contributed by atoms with E-state index in [0.29, 0.717) is 0 Å². The van der Waals surface area contributed by atoms with E-state index in [1.54, 1.807) is 0 Å². The maximum atomic E-state index is 4.55. The van der Waals surface area contributed by atoms with Gasteiger partial charge in [0.25, 0.3) is 0 Å². The van der Waals surface area contributed by atoms with Crippen molar-refractivity contribution in [1.82, 2.24) is 9.97 Å². The van der Waals surface area contributed by atoms with Gasteiger partial charge in [0, 0.05) is 26.1 Å². The fourth-order valence-corrected chi connectivity index (χ4v) is 2.27. The third-order valence-corrected chi connectivity index (χ3v) is 3.42. The van der Waals surface area contributed by atoms with E-state index >= 15 is 0 Å². The fourth-order valence-electron chi connectivity index (χ4n) is 1.86. The predicted octanol–water partition coefficient (Wildman–Crippen LogP) is 3.48.